The van der Waals surface area contributed by atoms with E-state index in [9.17, 15) is 0 Å². The topological polar surface area (TPSA) is 71.4 Å². The van der Waals surface area contributed by atoms with E-state index in [1.165, 1.54) is 101 Å². The molecule has 16 rings (SSSR count). The van der Waals surface area contributed by atoms with Crippen molar-refractivity contribution in [3.63, 3.8) is 0 Å². The molecule has 8 aromatic carbocycles. The molecule has 4 atom stereocenters. The van der Waals surface area contributed by atoms with Crippen molar-refractivity contribution >= 4 is 68.4 Å². The van der Waals surface area contributed by atoms with Gasteiger partial charge in [-0.15, -0.1) is 0 Å². The molecular weight excluding hydrogens is 1290 g/mol. The van der Waals surface area contributed by atoms with Crippen LogP contribution in [0.25, 0.3) is 10.9 Å². The Morgan fingerprint density at radius 2 is 0.733 bits per heavy atom. The van der Waals surface area contributed by atoms with Gasteiger partial charge in [-0.25, -0.2) is 4.98 Å². The molecule has 0 aliphatic carbocycles. The van der Waals surface area contributed by atoms with Gasteiger partial charge in [-0.1, -0.05) is 152 Å². The zero-order valence-corrected chi connectivity index (χ0v) is 65.7. The highest BCUT2D eigenvalue weighted by molar-refractivity contribution is 5.91. The molecule has 0 N–H and O–H groups in total. The molecule has 0 unspecified atom stereocenters. The summed E-state index contributed by atoms with van der Waals surface area (Å²) in [7, 11) is 8.33. The number of imidazole rings is 1. The maximum atomic E-state index is 4.62. The zero-order chi connectivity index (χ0) is 74.8. The molecule has 0 spiro atoms. The molecule has 0 saturated heterocycles. The molecule has 4 aliphatic rings. The van der Waals surface area contributed by atoms with Crippen LogP contribution in [0.4, 0.5) is 57.5 Å². The maximum Gasteiger partial charge on any atom is 0.211 e. The van der Waals surface area contributed by atoms with Crippen molar-refractivity contribution in [2.24, 2.45) is 28.2 Å². The van der Waals surface area contributed by atoms with Gasteiger partial charge in [0.15, 0.2) is 0 Å². The van der Waals surface area contributed by atoms with Crippen molar-refractivity contribution in [3.8, 4) is 0 Å². The fraction of sp³-hybridized carbons (Fsp3) is 0.319. The van der Waals surface area contributed by atoms with Crippen molar-refractivity contribution in [1.82, 2.24) is 33.4 Å². The summed E-state index contributed by atoms with van der Waals surface area (Å²) in [4.78, 5) is 24.2. The Morgan fingerprint density at radius 3 is 1.13 bits per heavy atom. The molecule has 8 heterocycles. The van der Waals surface area contributed by atoms with Crippen LogP contribution >= 0.6 is 0 Å². The summed E-state index contributed by atoms with van der Waals surface area (Å²) in [5, 5.41) is 5.75. The largest absolute Gasteiger partial charge is 0.347 e. The summed E-state index contributed by atoms with van der Waals surface area (Å²) < 4.78 is 8.53. The molecule has 0 fully saturated rings. The molecule has 0 amide bonds. The van der Waals surface area contributed by atoms with Crippen molar-refractivity contribution < 1.29 is 0 Å². The number of hydrogen-bond donors (Lipinski definition) is 0. The van der Waals surface area contributed by atoms with Crippen LogP contribution in [0.1, 0.15) is 133 Å². The smallest absolute Gasteiger partial charge is 0.211 e. The lowest BCUT2D eigenvalue weighted by molar-refractivity contribution is 0.152. The van der Waals surface area contributed by atoms with Gasteiger partial charge in [0.05, 0.1) is 62.0 Å². The predicted molar refractivity (Wildman–Crippen MR) is 441 cm³/mol. The monoisotopic (exact) mass is 1400 g/mol. The number of fused-ring (bicyclic) bond motifs is 4. The van der Waals surface area contributed by atoms with Crippen LogP contribution in [0.3, 0.4) is 0 Å². The summed E-state index contributed by atoms with van der Waals surface area (Å²) in [5.41, 5.74) is 20.1. The number of para-hydroxylation sites is 7. The zero-order valence-electron chi connectivity index (χ0n) is 65.7. The quantitative estimate of drug-likeness (QED) is 0.118. The minimum absolute atomic E-state index is 0.0797. The first-order valence-corrected chi connectivity index (χ1v) is 37.2. The molecule has 0 radical (unpaired) electrons. The summed E-state index contributed by atoms with van der Waals surface area (Å²) >= 11 is 0. The lowest BCUT2D eigenvalue weighted by Gasteiger charge is -2.43. The summed E-state index contributed by atoms with van der Waals surface area (Å²) in [5.74, 6) is 4.52. The number of nitrogens with zero attached hydrogens (tertiary/aromatic N) is 14. The molecule has 0 saturated carbocycles. The average Bonchev–Trinajstić information content (AvgIpc) is 1.58. The lowest BCUT2D eigenvalue weighted by atomic mass is 9.88. The number of hydrogen-bond acceptors (Lipinski definition) is 10. The van der Waals surface area contributed by atoms with Gasteiger partial charge in [0.25, 0.3) is 0 Å². The number of benzene rings is 8. The maximum absolute atomic E-state index is 4.62. The van der Waals surface area contributed by atoms with Gasteiger partial charge in [-0.05, 0) is 223 Å². The van der Waals surface area contributed by atoms with E-state index < -0.39 is 0 Å². The Kier molecular flexibility index (Phi) is 19.5. The number of rotatable bonds is 12. The van der Waals surface area contributed by atoms with Crippen LogP contribution in [0.5, 0.6) is 0 Å². The summed E-state index contributed by atoms with van der Waals surface area (Å²) in [6.07, 6.45) is 11.1. The third kappa shape index (κ3) is 12.8. The van der Waals surface area contributed by atoms with Gasteiger partial charge in [-0.2, -0.15) is 5.10 Å². The van der Waals surface area contributed by atoms with Crippen molar-refractivity contribution in [3.05, 3.63) is 300 Å². The second-order valence-electron chi connectivity index (χ2n) is 31.0. The molecular formula is C91H108N14. The minimum atomic E-state index is -0.153. The van der Waals surface area contributed by atoms with Gasteiger partial charge < -0.3 is 48.0 Å². The molecule has 105 heavy (non-hydrogen) atoms. The Labute approximate surface area is 624 Å². The molecule has 542 valence electrons. The SMILES string of the molecule is Cc1cc(N2C=CN(C(C)(C)c3ccccc3C)[C@@H]2C)n(C)n1.Cc1ccccc1C(C)(C)N1c2ccccc2N(c2cc3ccccc3n2C)[C@H]1C.Cc1ccccc1C(C)(C)N1c2ccccc2N(c2cccn2C)[C@H]1C.Cc1ccccc1C(C)(C)N1c2ccccc2N(c2nccn2C)[C@H]1C. The molecule has 14 nitrogen and oxygen atoms in total. The third-order valence-corrected chi connectivity index (χ3v) is 22.9. The van der Waals surface area contributed by atoms with Crippen LogP contribution in [0.15, 0.2) is 249 Å². The fourth-order valence-corrected chi connectivity index (χ4v) is 18.0. The van der Waals surface area contributed by atoms with Crippen molar-refractivity contribution in [2.45, 2.75) is 165 Å². The standard InChI is InChI=1S/C27H29N3.C23H27N3.C22H26N4.C19H26N4/c1-19-12-6-8-14-22(19)27(3,4)30-20(2)29(24-16-10-11-17-25(24)30)26-18-21-13-7-9-15-23(21)28(26)5;1-17-11-6-7-12-19(17)23(3,4)26-18(2)25(22-15-10-16-24(22)5)20-13-8-9-14-21(20)26;1-16-10-6-7-11-18(16)22(3,4)26-17(2)25(21-23-14-15-24(21)5)19-12-8-9-13-20(19)26;1-14-9-7-8-10-17(14)19(4,5)23-12-11-22(16(23)3)18-13-15(2)20-21(18)6/h6-18,20H,1-5H3;6-16,18H,1-5H3;6-15,17H,1-5H3;7-13,16H,1-6H3/t20-;18-;17-;16-/m1111/s1. The van der Waals surface area contributed by atoms with E-state index in [0.717, 1.165) is 17.5 Å². The first-order valence-electron chi connectivity index (χ1n) is 37.2. The highest BCUT2D eigenvalue weighted by Gasteiger charge is 2.47. The van der Waals surface area contributed by atoms with E-state index in [-0.39, 0.29) is 46.8 Å². The molecule has 0 bridgehead atoms. The van der Waals surface area contributed by atoms with E-state index in [4.69, 9.17) is 0 Å². The highest BCUT2D eigenvalue weighted by atomic mass is 15.5. The number of aryl methyl sites for hydroxylation is 9. The van der Waals surface area contributed by atoms with Gasteiger partial charge >= 0.3 is 0 Å². The Morgan fingerprint density at radius 1 is 0.343 bits per heavy atom. The van der Waals surface area contributed by atoms with Gasteiger partial charge in [0.1, 0.15) is 42.1 Å². The molecule has 12 aromatic rings. The molecule has 4 aromatic heterocycles. The summed E-state index contributed by atoms with van der Waals surface area (Å²) in [6.45, 7) is 38.5. The van der Waals surface area contributed by atoms with Gasteiger partial charge in [0, 0.05) is 76.2 Å². The van der Waals surface area contributed by atoms with Crippen molar-refractivity contribution in [2.75, 3.05) is 34.3 Å². The average molecular weight is 1400 g/mol. The first-order chi connectivity index (χ1) is 50.1. The van der Waals surface area contributed by atoms with Crippen LogP contribution in [-0.2, 0) is 50.3 Å². The van der Waals surface area contributed by atoms with E-state index in [0.29, 0.717) is 0 Å². The van der Waals surface area contributed by atoms with Crippen LogP contribution in [-0.4, -0.2) is 58.0 Å². The Hall–Kier alpha value is -10.9. The van der Waals surface area contributed by atoms with E-state index in [1.54, 1.807) is 0 Å². The van der Waals surface area contributed by atoms with E-state index >= 15 is 0 Å². The molecule has 14 heteroatoms. The van der Waals surface area contributed by atoms with Crippen LogP contribution in [0.2, 0.25) is 0 Å². The number of aromatic nitrogens is 6. The third-order valence-electron chi connectivity index (χ3n) is 22.9. The summed E-state index contributed by atoms with van der Waals surface area (Å²) in [6, 6.07) is 78.3. The van der Waals surface area contributed by atoms with E-state index in [2.05, 4.69) is 425 Å². The Bertz CT molecular complexity index is 4960. The first kappa shape index (κ1) is 72.5. The van der Waals surface area contributed by atoms with Crippen LogP contribution < -0.4 is 34.3 Å². The normalized spacial score (nSPS) is 17.0. The number of anilines is 10. The van der Waals surface area contributed by atoms with Gasteiger partial charge in [-0.3, -0.25) is 9.58 Å². The minimum Gasteiger partial charge on any atom is -0.347 e. The predicted octanol–water partition coefficient (Wildman–Crippen LogP) is 21.2. The van der Waals surface area contributed by atoms with E-state index in [1.807, 2.05) is 38.1 Å². The lowest BCUT2D eigenvalue weighted by Crippen LogP contribution is -2.49. The van der Waals surface area contributed by atoms with Crippen molar-refractivity contribution in [1.29, 1.82) is 0 Å². The second kappa shape index (κ2) is 28.3. The second-order valence-corrected chi connectivity index (χ2v) is 31.0. The van der Waals surface area contributed by atoms with Crippen LogP contribution in [0, 0.1) is 34.6 Å². The van der Waals surface area contributed by atoms with Gasteiger partial charge in [0.2, 0.25) is 5.95 Å². The Balaban J connectivity index is 0.000000125. The highest BCUT2D eigenvalue weighted by Crippen LogP contribution is 2.53. The molecule has 4 aliphatic heterocycles. The fourth-order valence-electron chi connectivity index (χ4n) is 18.0.